The lowest BCUT2D eigenvalue weighted by molar-refractivity contribution is -0.385. The lowest BCUT2D eigenvalue weighted by Gasteiger charge is -2.15. The van der Waals surface area contributed by atoms with Crippen LogP contribution in [-0.2, 0) is 0 Å². The van der Waals surface area contributed by atoms with Gasteiger partial charge in [0.05, 0.1) is 12.0 Å². The average Bonchev–Trinajstić information content (AvgIpc) is 2.35. The van der Waals surface area contributed by atoms with Crippen LogP contribution in [0.15, 0.2) is 6.33 Å². The molecule has 0 saturated carbocycles. The highest BCUT2D eigenvalue weighted by Crippen LogP contribution is 2.31. The summed E-state index contributed by atoms with van der Waals surface area (Å²) in [5, 5.41) is 14.1. The maximum absolute atomic E-state index is 11.1. The molecule has 1 heterocycles. The quantitative estimate of drug-likeness (QED) is 0.604. The third-order valence-corrected chi connectivity index (χ3v) is 2.72. The number of anilines is 1. The minimum absolute atomic E-state index is 0.0291. The van der Waals surface area contributed by atoms with Gasteiger partial charge in [-0.1, -0.05) is 13.8 Å². The number of nitrogens with one attached hydrogen (secondary N) is 1. The molecule has 19 heavy (non-hydrogen) atoms. The summed E-state index contributed by atoms with van der Waals surface area (Å²) in [6.45, 7) is 6.26. The summed E-state index contributed by atoms with van der Waals surface area (Å²) >= 11 is 0. The van der Waals surface area contributed by atoms with Crippen molar-refractivity contribution < 1.29 is 9.66 Å². The van der Waals surface area contributed by atoms with Crippen LogP contribution in [0.25, 0.3) is 0 Å². The number of nitro groups is 1. The molecule has 0 bridgehead atoms. The van der Waals surface area contributed by atoms with Crippen LogP contribution in [0.4, 0.5) is 11.5 Å². The Bertz CT molecular complexity index is 437. The van der Waals surface area contributed by atoms with Gasteiger partial charge >= 0.3 is 5.69 Å². The molecule has 1 atom stereocenters. The van der Waals surface area contributed by atoms with Gasteiger partial charge < -0.3 is 10.1 Å². The van der Waals surface area contributed by atoms with Crippen molar-refractivity contribution in [2.75, 3.05) is 12.4 Å². The topological polar surface area (TPSA) is 90.2 Å². The first-order valence-corrected chi connectivity index (χ1v) is 6.25. The fraction of sp³-hybridized carbons (Fsp3) is 0.667. The van der Waals surface area contributed by atoms with E-state index < -0.39 is 4.92 Å². The van der Waals surface area contributed by atoms with Gasteiger partial charge in [-0.05, 0) is 25.7 Å². The maximum Gasteiger partial charge on any atom is 0.372 e. The minimum Gasteiger partial charge on any atom is -0.476 e. The van der Waals surface area contributed by atoms with Crippen LogP contribution in [0.3, 0.4) is 0 Å². The van der Waals surface area contributed by atoms with Gasteiger partial charge in [-0.25, -0.2) is 4.98 Å². The molecule has 106 valence electrons. The zero-order chi connectivity index (χ0) is 14.4. The largest absolute Gasteiger partial charge is 0.476 e. The van der Waals surface area contributed by atoms with Crippen LogP contribution in [0.2, 0.25) is 0 Å². The Hall–Kier alpha value is -1.92. The van der Waals surface area contributed by atoms with Crippen molar-refractivity contribution in [1.29, 1.82) is 0 Å². The van der Waals surface area contributed by atoms with Crippen molar-refractivity contribution in [3.63, 3.8) is 0 Å². The lowest BCUT2D eigenvalue weighted by Crippen LogP contribution is -2.18. The number of rotatable bonds is 7. The standard InChI is InChI=1S/C12H20N4O3/c1-8(2)5-6-9(3)15-11-10(16(17)18)12(19-4)14-7-13-11/h7-9H,5-6H2,1-4H3,(H,13,14,15). The molecular formula is C12H20N4O3. The Morgan fingerprint density at radius 3 is 2.58 bits per heavy atom. The number of hydrogen-bond acceptors (Lipinski definition) is 6. The fourth-order valence-corrected chi connectivity index (χ4v) is 1.67. The molecule has 1 N–H and O–H groups in total. The molecular weight excluding hydrogens is 248 g/mol. The smallest absolute Gasteiger partial charge is 0.372 e. The van der Waals surface area contributed by atoms with Crippen molar-refractivity contribution in [2.24, 2.45) is 5.92 Å². The van der Waals surface area contributed by atoms with Gasteiger partial charge in [0.15, 0.2) is 0 Å². The molecule has 1 aromatic rings. The minimum atomic E-state index is -0.531. The second-order valence-electron chi connectivity index (χ2n) is 4.85. The van der Waals surface area contributed by atoms with Crippen LogP contribution in [0, 0.1) is 16.0 Å². The zero-order valence-electron chi connectivity index (χ0n) is 11.7. The van der Waals surface area contributed by atoms with Crippen molar-refractivity contribution in [1.82, 2.24) is 9.97 Å². The highest BCUT2D eigenvalue weighted by Gasteiger charge is 2.24. The van der Waals surface area contributed by atoms with E-state index in [1.807, 2.05) is 6.92 Å². The SMILES string of the molecule is COc1ncnc(NC(C)CCC(C)C)c1[N+](=O)[O-]. The Labute approximate surface area is 112 Å². The van der Waals surface area contributed by atoms with Gasteiger partial charge in [-0.15, -0.1) is 0 Å². The van der Waals surface area contributed by atoms with Crippen LogP contribution < -0.4 is 10.1 Å². The second-order valence-corrected chi connectivity index (χ2v) is 4.85. The van der Waals surface area contributed by atoms with Gasteiger partial charge in [0.2, 0.25) is 5.82 Å². The van der Waals surface area contributed by atoms with Crippen molar-refractivity contribution in [2.45, 2.75) is 39.7 Å². The highest BCUT2D eigenvalue weighted by molar-refractivity contribution is 5.61. The first kappa shape index (κ1) is 15.1. The van der Waals surface area contributed by atoms with Gasteiger partial charge in [0.1, 0.15) is 6.33 Å². The molecule has 0 fully saturated rings. The number of methoxy groups -OCH3 is 1. The first-order chi connectivity index (χ1) is 8.95. The van der Waals surface area contributed by atoms with Gasteiger partial charge in [0, 0.05) is 6.04 Å². The molecule has 7 nitrogen and oxygen atoms in total. The summed E-state index contributed by atoms with van der Waals surface area (Å²) < 4.78 is 4.89. The van der Waals surface area contributed by atoms with Gasteiger partial charge in [-0.3, -0.25) is 10.1 Å². The van der Waals surface area contributed by atoms with Crippen molar-refractivity contribution >= 4 is 11.5 Å². The highest BCUT2D eigenvalue weighted by atomic mass is 16.6. The average molecular weight is 268 g/mol. The molecule has 0 aliphatic heterocycles. The molecule has 0 radical (unpaired) electrons. The second kappa shape index (κ2) is 6.86. The Kier molecular flexibility index (Phi) is 5.47. The van der Waals surface area contributed by atoms with Gasteiger partial charge in [-0.2, -0.15) is 4.98 Å². The molecule has 0 saturated heterocycles. The lowest BCUT2D eigenvalue weighted by atomic mass is 10.0. The molecule has 0 spiro atoms. The van der Waals surface area contributed by atoms with Crippen molar-refractivity contribution in [3.05, 3.63) is 16.4 Å². The van der Waals surface area contributed by atoms with E-state index in [2.05, 4.69) is 29.1 Å². The van der Waals surface area contributed by atoms with Crippen LogP contribution in [-0.4, -0.2) is 28.0 Å². The van der Waals surface area contributed by atoms with E-state index in [1.165, 1.54) is 13.4 Å². The molecule has 0 aliphatic rings. The van der Waals surface area contributed by atoms with Crippen LogP contribution in [0.1, 0.15) is 33.6 Å². The predicted octanol–water partition coefficient (Wildman–Crippen LogP) is 2.63. The van der Waals surface area contributed by atoms with E-state index in [9.17, 15) is 10.1 Å². The number of aromatic nitrogens is 2. The van der Waals surface area contributed by atoms with Crippen LogP contribution >= 0.6 is 0 Å². The third-order valence-electron chi connectivity index (χ3n) is 2.72. The van der Waals surface area contributed by atoms with Gasteiger partial charge in [0.25, 0.3) is 5.88 Å². The summed E-state index contributed by atoms with van der Waals surface area (Å²) in [5.41, 5.74) is -0.221. The summed E-state index contributed by atoms with van der Waals surface area (Å²) in [7, 11) is 1.35. The molecule has 0 aromatic carbocycles. The fourth-order valence-electron chi connectivity index (χ4n) is 1.67. The Morgan fingerprint density at radius 2 is 2.05 bits per heavy atom. The van der Waals surface area contributed by atoms with Crippen LogP contribution in [0.5, 0.6) is 5.88 Å². The van der Waals surface area contributed by atoms with E-state index in [0.717, 1.165) is 12.8 Å². The summed E-state index contributed by atoms with van der Waals surface area (Å²) in [6, 6.07) is 0.0979. The number of nitrogens with zero attached hydrogens (tertiary/aromatic N) is 3. The van der Waals surface area contributed by atoms with Crippen molar-refractivity contribution in [3.8, 4) is 5.88 Å². The number of hydrogen-bond donors (Lipinski definition) is 1. The van der Waals surface area contributed by atoms with E-state index in [0.29, 0.717) is 5.92 Å². The molecule has 1 aromatic heterocycles. The summed E-state index contributed by atoms with van der Waals surface area (Å²) in [4.78, 5) is 18.2. The van der Waals surface area contributed by atoms with E-state index in [4.69, 9.17) is 4.74 Å². The van der Waals surface area contributed by atoms with E-state index in [1.54, 1.807) is 0 Å². The summed E-state index contributed by atoms with van der Waals surface area (Å²) in [5.74, 6) is 0.769. The molecule has 1 unspecified atom stereocenters. The molecule has 7 heteroatoms. The molecule has 1 rings (SSSR count). The molecule has 0 amide bonds. The monoisotopic (exact) mass is 268 g/mol. The maximum atomic E-state index is 11.1. The van der Waals surface area contributed by atoms with E-state index >= 15 is 0 Å². The summed E-state index contributed by atoms with van der Waals surface area (Å²) in [6.07, 6.45) is 3.22. The third kappa shape index (κ3) is 4.35. The Balaban J connectivity index is 2.85. The zero-order valence-corrected chi connectivity index (χ0v) is 11.7. The normalized spacial score (nSPS) is 12.3. The van der Waals surface area contributed by atoms with E-state index in [-0.39, 0.29) is 23.4 Å². The first-order valence-electron chi connectivity index (χ1n) is 6.25. The predicted molar refractivity (Wildman–Crippen MR) is 72.4 cm³/mol. The molecule has 0 aliphatic carbocycles. The number of ether oxygens (including phenoxy) is 1. The Morgan fingerprint density at radius 1 is 1.37 bits per heavy atom.